The van der Waals surface area contributed by atoms with Crippen LogP contribution in [0.15, 0.2) is 24.3 Å². The summed E-state index contributed by atoms with van der Waals surface area (Å²) in [5.74, 6) is 2.76. The van der Waals surface area contributed by atoms with Crippen molar-refractivity contribution in [1.82, 2.24) is 9.97 Å². The Morgan fingerprint density at radius 1 is 1.10 bits per heavy atom. The van der Waals surface area contributed by atoms with Crippen LogP contribution < -0.4 is 9.47 Å². The fraction of sp³-hybridized carbons (Fsp3) is 0.333. The lowest BCUT2D eigenvalue weighted by atomic mass is 10.1. The largest absolute Gasteiger partial charge is 0.497 e. The van der Waals surface area contributed by atoms with E-state index in [9.17, 15) is 0 Å². The Kier molecular flexibility index (Phi) is 3.49. The summed E-state index contributed by atoms with van der Waals surface area (Å²) in [5.41, 5.74) is 1.63. The maximum Gasteiger partial charge on any atom is 0.133 e. The van der Waals surface area contributed by atoms with Crippen molar-refractivity contribution >= 4 is 11.6 Å². The molecule has 20 heavy (non-hydrogen) atoms. The first kappa shape index (κ1) is 13.2. The molecule has 1 aromatic heterocycles. The zero-order valence-corrected chi connectivity index (χ0v) is 12.1. The highest BCUT2D eigenvalue weighted by molar-refractivity contribution is 6.29. The second-order valence-electron chi connectivity index (χ2n) is 4.77. The summed E-state index contributed by atoms with van der Waals surface area (Å²) in [5, 5.41) is 0.460. The molecule has 1 aromatic carbocycles. The molecule has 0 aliphatic heterocycles. The molecule has 2 aromatic rings. The van der Waals surface area contributed by atoms with E-state index in [0.29, 0.717) is 11.1 Å². The van der Waals surface area contributed by atoms with Crippen molar-refractivity contribution in [3.05, 3.63) is 35.2 Å². The number of halogens is 1. The third-order valence-electron chi connectivity index (χ3n) is 3.34. The van der Waals surface area contributed by atoms with Gasteiger partial charge >= 0.3 is 0 Å². The summed E-state index contributed by atoms with van der Waals surface area (Å²) in [4.78, 5) is 8.92. The Labute approximate surface area is 122 Å². The first-order valence-corrected chi connectivity index (χ1v) is 6.86. The van der Waals surface area contributed by atoms with Crippen LogP contribution in [0, 0.1) is 0 Å². The lowest BCUT2D eigenvalue weighted by Gasteiger charge is -2.11. The van der Waals surface area contributed by atoms with E-state index in [1.807, 2.05) is 18.2 Å². The van der Waals surface area contributed by atoms with Crippen LogP contribution in [0.2, 0.25) is 5.15 Å². The molecule has 1 aliphatic carbocycles. The van der Waals surface area contributed by atoms with Crippen LogP contribution in [0.4, 0.5) is 0 Å². The number of benzene rings is 1. The van der Waals surface area contributed by atoms with E-state index >= 15 is 0 Å². The summed E-state index contributed by atoms with van der Waals surface area (Å²) in [6, 6.07) is 7.37. The van der Waals surface area contributed by atoms with Gasteiger partial charge in [-0.15, -0.1) is 0 Å². The highest BCUT2D eigenvalue weighted by Crippen LogP contribution is 2.40. The second-order valence-corrected chi connectivity index (χ2v) is 5.16. The second kappa shape index (κ2) is 5.29. The van der Waals surface area contributed by atoms with Gasteiger partial charge in [0.2, 0.25) is 0 Å². The summed E-state index contributed by atoms with van der Waals surface area (Å²) in [6.07, 6.45) is 2.27. The van der Waals surface area contributed by atoms with E-state index in [4.69, 9.17) is 21.1 Å². The van der Waals surface area contributed by atoms with E-state index < -0.39 is 0 Å². The van der Waals surface area contributed by atoms with Gasteiger partial charge in [-0.3, -0.25) is 0 Å². The maximum absolute atomic E-state index is 6.12. The maximum atomic E-state index is 6.12. The summed E-state index contributed by atoms with van der Waals surface area (Å²) in [7, 11) is 3.27. The average Bonchev–Trinajstić information content (AvgIpc) is 3.30. The Morgan fingerprint density at radius 3 is 2.55 bits per heavy atom. The topological polar surface area (TPSA) is 44.2 Å². The molecule has 1 aliphatic rings. The lowest BCUT2D eigenvalue weighted by molar-refractivity contribution is 0.404. The third-order valence-corrected chi connectivity index (χ3v) is 3.53. The molecule has 4 nitrogen and oxygen atoms in total. The quantitative estimate of drug-likeness (QED) is 0.806. The van der Waals surface area contributed by atoms with Crippen molar-refractivity contribution in [1.29, 1.82) is 0 Å². The van der Waals surface area contributed by atoms with Crippen LogP contribution in [0.25, 0.3) is 11.3 Å². The van der Waals surface area contributed by atoms with Gasteiger partial charge in [-0.2, -0.15) is 0 Å². The third kappa shape index (κ3) is 2.56. The van der Waals surface area contributed by atoms with E-state index in [1.165, 1.54) is 0 Å². The molecule has 0 atom stereocenters. The molecule has 1 fully saturated rings. The van der Waals surface area contributed by atoms with Gasteiger partial charge in [0.05, 0.1) is 19.9 Å². The Balaban J connectivity index is 2.11. The molecule has 0 saturated heterocycles. The number of ether oxygens (including phenoxy) is 2. The average molecular weight is 291 g/mol. The zero-order chi connectivity index (χ0) is 14.1. The number of methoxy groups -OCH3 is 2. The molecular weight excluding hydrogens is 276 g/mol. The van der Waals surface area contributed by atoms with Crippen LogP contribution in [0.1, 0.15) is 24.6 Å². The van der Waals surface area contributed by atoms with Crippen LogP contribution >= 0.6 is 11.6 Å². The molecule has 0 amide bonds. The SMILES string of the molecule is COc1ccc(OC)c(-c2cc(Cl)nc(C3CC3)n2)c1. The van der Waals surface area contributed by atoms with E-state index in [1.54, 1.807) is 20.3 Å². The van der Waals surface area contributed by atoms with Gasteiger partial charge in [0.15, 0.2) is 0 Å². The predicted molar refractivity (Wildman–Crippen MR) is 77.6 cm³/mol. The van der Waals surface area contributed by atoms with Crippen LogP contribution in [-0.4, -0.2) is 24.2 Å². The normalized spacial score (nSPS) is 14.2. The fourth-order valence-corrected chi connectivity index (χ4v) is 2.30. The minimum Gasteiger partial charge on any atom is -0.497 e. The van der Waals surface area contributed by atoms with E-state index in [0.717, 1.165) is 41.4 Å². The molecule has 0 radical (unpaired) electrons. The molecule has 3 rings (SSSR count). The summed E-state index contributed by atoms with van der Waals surface area (Å²) in [6.45, 7) is 0. The van der Waals surface area contributed by atoms with Crippen molar-refractivity contribution in [3.8, 4) is 22.8 Å². The van der Waals surface area contributed by atoms with Crippen molar-refractivity contribution < 1.29 is 9.47 Å². The predicted octanol–water partition coefficient (Wildman–Crippen LogP) is 3.69. The summed E-state index contributed by atoms with van der Waals surface area (Å²) >= 11 is 6.12. The monoisotopic (exact) mass is 290 g/mol. The van der Waals surface area contributed by atoms with Crippen molar-refractivity contribution in [2.75, 3.05) is 14.2 Å². The van der Waals surface area contributed by atoms with Gasteiger partial charge in [0, 0.05) is 17.5 Å². The Morgan fingerprint density at radius 2 is 1.90 bits per heavy atom. The molecule has 5 heteroatoms. The molecule has 1 heterocycles. The summed E-state index contributed by atoms with van der Waals surface area (Å²) < 4.78 is 10.7. The molecule has 1 saturated carbocycles. The van der Waals surface area contributed by atoms with Gasteiger partial charge in [0.25, 0.3) is 0 Å². The van der Waals surface area contributed by atoms with Crippen LogP contribution in [0.5, 0.6) is 11.5 Å². The van der Waals surface area contributed by atoms with Gasteiger partial charge in [0.1, 0.15) is 22.5 Å². The first-order chi connectivity index (χ1) is 9.71. The highest BCUT2D eigenvalue weighted by Gasteiger charge is 2.27. The number of hydrogen-bond acceptors (Lipinski definition) is 4. The smallest absolute Gasteiger partial charge is 0.133 e. The van der Waals surface area contributed by atoms with Crippen molar-refractivity contribution in [2.24, 2.45) is 0 Å². The Bertz CT molecular complexity index is 642. The lowest BCUT2D eigenvalue weighted by Crippen LogP contribution is -1.97. The highest BCUT2D eigenvalue weighted by atomic mass is 35.5. The Hall–Kier alpha value is -1.81. The van der Waals surface area contributed by atoms with Crippen molar-refractivity contribution in [2.45, 2.75) is 18.8 Å². The van der Waals surface area contributed by atoms with E-state index in [2.05, 4.69) is 9.97 Å². The molecule has 104 valence electrons. The number of aromatic nitrogens is 2. The van der Waals surface area contributed by atoms with Crippen LogP contribution in [0.3, 0.4) is 0 Å². The first-order valence-electron chi connectivity index (χ1n) is 6.48. The fourth-order valence-electron chi connectivity index (χ4n) is 2.11. The van der Waals surface area contributed by atoms with Gasteiger partial charge in [-0.1, -0.05) is 11.6 Å². The minimum absolute atomic E-state index is 0.448. The minimum atomic E-state index is 0.448. The van der Waals surface area contributed by atoms with Crippen LogP contribution in [-0.2, 0) is 0 Å². The molecular formula is C15H15ClN2O2. The van der Waals surface area contributed by atoms with Gasteiger partial charge in [-0.05, 0) is 31.0 Å². The number of hydrogen-bond donors (Lipinski definition) is 0. The van der Waals surface area contributed by atoms with Gasteiger partial charge in [-0.25, -0.2) is 9.97 Å². The zero-order valence-electron chi connectivity index (χ0n) is 11.4. The molecule has 0 bridgehead atoms. The molecule has 0 N–H and O–H groups in total. The molecule has 0 unspecified atom stereocenters. The van der Waals surface area contributed by atoms with Crippen molar-refractivity contribution in [3.63, 3.8) is 0 Å². The van der Waals surface area contributed by atoms with Gasteiger partial charge < -0.3 is 9.47 Å². The standard InChI is InChI=1S/C15H15ClN2O2/c1-19-10-5-6-13(20-2)11(7-10)12-8-14(16)18-15(17-12)9-3-4-9/h5-9H,3-4H2,1-2H3. The number of nitrogens with zero attached hydrogens (tertiary/aromatic N) is 2. The molecule has 0 spiro atoms. The van der Waals surface area contributed by atoms with E-state index in [-0.39, 0.29) is 0 Å². The number of rotatable bonds is 4.